The second-order valence-corrected chi connectivity index (χ2v) is 3.21. The van der Waals surface area contributed by atoms with Crippen molar-refractivity contribution in [1.29, 1.82) is 0 Å². The second kappa shape index (κ2) is 4.68. The van der Waals surface area contributed by atoms with Crippen LogP contribution >= 0.6 is 0 Å². The van der Waals surface area contributed by atoms with Crippen LogP contribution in [0.15, 0.2) is 12.3 Å². The van der Waals surface area contributed by atoms with E-state index in [9.17, 15) is 0 Å². The van der Waals surface area contributed by atoms with Gasteiger partial charge in [-0.1, -0.05) is 0 Å². The monoisotopic (exact) mass is 177 g/mol. The summed E-state index contributed by atoms with van der Waals surface area (Å²) in [7, 11) is 0. The lowest BCUT2D eigenvalue weighted by Gasteiger charge is -2.16. The van der Waals surface area contributed by atoms with Crippen molar-refractivity contribution in [2.75, 3.05) is 0 Å². The van der Waals surface area contributed by atoms with Gasteiger partial charge in [0.2, 0.25) is 0 Å². The number of nitrogens with one attached hydrogen (secondary N) is 2. The quantitative estimate of drug-likeness (QED) is 0.684. The molecule has 0 saturated heterocycles. The van der Waals surface area contributed by atoms with E-state index < -0.39 is 0 Å². The molecule has 2 unspecified atom stereocenters. The summed E-state index contributed by atoms with van der Waals surface area (Å²) in [6.45, 7) is 4.16. The maximum atomic E-state index is 5.21. The van der Waals surface area contributed by atoms with Gasteiger partial charge < -0.3 is 5.32 Å². The zero-order valence-corrected chi connectivity index (χ0v) is 8.04. The molecule has 0 aliphatic rings. The molecule has 1 heterocycles. The lowest BCUT2D eigenvalue weighted by atomic mass is 10.2. The molecule has 1 aromatic heterocycles. The average molecular weight is 177 g/mol. The standard InChI is InChI=1S/C10H15N3/c1-4-5-8(2)12-9(3)10-6-7-11-13-10/h1,6-9,12H,5H2,2-3H3,(H,11,13). The maximum Gasteiger partial charge on any atom is 0.0518 e. The minimum Gasteiger partial charge on any atom is -0.305 e. The van der Waals surface area contributed by atoms with Crippen molar-refractivity contribution in [2.24, 2.45) is 0 Å². The van der Waals surface area contributed by atoms with Crippen LogP contribution in [0.5, 0.6) is 0 Å². The zero-order chi connectivity index (χ0) is 9.68. The number of terminal acetylenes is 1. The third kappa shape index (κ3) is 2.92. The van der Waals surface area contributed by atoms with Crippen LogP contribution < -0.4 is 5.32 Å². The molecule has 0 aromatic carbocycles. The van der Waals surface area contributed by atoms with E-state index in [0.717, 1.165) is 12.1 Å². The van der Waals surface area contributed by atoms with Crippen molar-refractivity contribution >= 4 is 0 Å². The molecule has 0 aliphatic heterocycles. The molecule has 2 N–H and O–H groups in total. The van der Waals surface area contributed by atoms with Crippen LogP contribution in [0.3, 0.4) is 0 Å². The molecule has 1 rings (SSSR count). The molecular weight excluding hydrogens is 162 g/mol. The number of aromatic nitrogens is 2. The van der Waals surface area contributed by atoms with Gasteiger partial charge in [0.1, 0.15) is 0 Å². The van der Waals surface area contributed by atoms with Crippen molar-refractivity contribution in [3.63, 3.8) is 0 Å². The van der Waals surface area contributed by atoms with Crippen LogP contribution in [0.4, 0.5) is 0 Å². The summed E-state index contributed by atoms with van der Waals surface area (Å²) < 4.78 is 0. The van der Waals surface area contributed by atoms with Crippen molar-refractivity contribution < 1.29 is 0 Å². The minimum absolute atomic E-state index is 0.269. The molecule has 70 valence electrons. The average Bonchev–Trinajstić information content (AvgIpc) is 2.55. The smallest absolute Gasteiger partial charge is 0.0518 e. The van der Waals surface area contributed by atoms with E-state index in [4.69, 9.17) is 6.42 Å². The highest BCUT2D eigenvalue weighted by Gasteiger charge is 2.08. The first-order valence-electron chi connectivity index (χ1n) is 4.43. The van der Waals surface area contributed by atoms with Gasteiger partial charge in [0.25, 0.3) is 0 Å². The molecule has 1 aromatic rings. The number of aromatic amines is 1. The molecule has 0 aliphatic carbocycles. The van der Waals surface area contributed by atoms with Gasteiger partial charge in [-0.25, -0.2) is 0 Å². The Morgan fingerprint density at radius 3 is 3.00 bits per heavy atom. The van der Waals surface area contributed by atoms with Crippen LogP contribution in [-0.2, 0) is 0 Å². The van der Waals surface area contributed by atoms with Gasteiger partial charge in [-0.2, -0.15) is 5.10 Å². The van der Waals surface area contributed by atoms with Crippen LogP contribution in [0.25, 0.3) is 0 Å². The van der Waals surface area contributed by atoms with Gasteiger partial charge in [0.05, 0.1) is 5.69 Å². The van der Waals surface area contributed by atoms with E-state index in [1.54, 1.807) is 6.20 Å². The van der Waals surface area contributed by atoms with E-state index in [-0.39, 0.29) is 6.04 Å². The highest BCUT2D eigenvalue weighted by molar-refractivity contribution is 5.03. The fourth-order valence-electron chi connectivity index (χ4n) is 1.26. The van der Waals surface area contributed by atoms with Gasteiger partial charge in [0, 0.05) is 24.7 Å². The van der Waals surface area contributed by atoms with Crippen molar-refractivity contribution in [3.05, 3.63) is 18.0 Å². The Balaban J connectivity index is 2.42. The predicted molar refractivity (Wildman–Crippen MR) is 53.1 cm³/mol. The molecule has 0 spiro atoms. The lowest BCUT2D eigenvalue weighted by molar-refractivity contribution is 0.478. The van der Waals surface area contributed by atoms with Gasteiger partial charge in [-0.05, 0) is 19.9 Å². The molecule has 2 atom stereocenters. The third-order valence-electron chi connectivity index (χ3n) is 1.95. The predicted octanol–water partition coefficient (Wildman–Crippen LogP) is 1.47. The summed E-state index contributed by atoms with van der Waals surface area (Å²) >= 11 is 0. The van der Waals surface area contributed by atoms with E-state index in [1.165, 1.54) is 0 Å². The second-order valence-electron chi connectivity index (χ2n) is 3.21. The molecule has 0 radical (unpaired) electrons. The highest BCUT2D eigenvalue weighted by atomic mass is 15.1. The fourth-order valence-corrected chi connectivity index (χ4v) is 1.26. The van der Waals surface area contributed by atoms with Crippen molar-refractivity contribution in [3.8, 4) is 12.3 Å². The molecular formula is C10H15N3. The normalized spacial score (nSPS) is 14.8. The summed E-state index contributed by atoms with van der Waals surface area (Å²) in [5, 5.41) is 10.2. The Labute approximate surface area is 78.9 Å². The van der Waals surface area contributed by atoms with E-state index in [0.29, 0.717) is 6.04 Å². The number of nitrogens with zero attached hydrogens (tertiary/aromatic N) is 1. The Hall–Kier alpha value is -1.27. The summed E-state index contributed by atoms with van der Waals surface area (Å²) in [5.41, 5.74) is 1.09. The molecule has 0 amide bonds. The van der Waals surface area contributed by atoms with E-state index >= 15 is 0 Å². The molecule has 13 heavy (non-hydrogen) atoms. The molecule has 3 nitrogen and oxygen atoms in total. The topological polar surface area (TPSA) is 40.7 Å². The molecule has 0 saturated carbocycles. The summed E-state index contributed by atoms with van der Waals surface area (Å²) in [6.07, 6.45) is 7.71. The molecule has 0 bridgehead atoms. The first-order valence-corrected chi connectivity index (χ1v) is 4.43. The number of hydrogen-bond donors (Lipinski definition) is 2. The first kappa shape index (κ1) is 9.82. The highest BCUT2D eigenvalue weighted by Crippen LogP contribution is 2.08. The van der Waals surface area contributed by atoms with Gasteiger partial charge in [0.15, 0.2) is 0 Å². The van der Waals surface area contributed by atoms with Gasteiger partial charge in [-0.15, -0.1) is 12.3 Å². The van der Waals surface area contributed by atoms with Crippen LogP contribution in [0.2, 0.25) is 0 Å². The zero-order valence-electron chi connectivity index (χ0n) is 8.04. The van der Waals surface area contributed by atoms with Gasteiger partial charge >= 0.3 is 0 Å². The van der Waals surface area contributed by atoms with Crippen LogP contribution in [-0.4, -0.2) is 16.2 Å². The Bertz CT molecular complexity index is 271. The lowest BCUT2D eigenvalue weighted by Crippen LogP contribution is -2.28. The number of rotatable bonds is 4. The third-order valence-corrected chi connectivity index (χ3v) is 1.95. The van der Waals surface area contributed by atoms with E-state index in [1.807, 2.05) is 6.07 Å². The summed E-state index contributed by atoms with van der Waals surface area (Å²) in [6, 6.07) is 2.56. The molecule has 0 fully saturated rings. The summed E-state index contributed by atoms with van der Waals surface area (Å²) in [4.78, 5) is 0. The Morgan fingerprint density at radius 1 is 1.69 bits per heavy atom. The SMILES string of the molecule is C#CCC(C)NC(C)c1ccn[nH]1. The number of hydrogen-bond acceptors (Lipinski definition) is 2. The van der Waals surface area contributed by atoms with E-state index in [2.05, 4.69) is 35.3 Å². The maximum absolute atomic E-state index is 5.21. The Morgan fingerprint density at radius 2 is 2.46 bits per heavy atom. The number of H-pyrrole nitrogens is 1. The van der Waals surface area contributed by atoms with Crippen LogP contribution in [0, 0.1) is 12.3 Å². The van der Waals surface area contributed by atoms with Crippen molar-refractivity contribution in [1.82, 2.24) is 15.5 Å². The Kier molecular flexibility index (Phi) is 3.53. The van der Waals surface area contributed by atoms with Crippen molar-refractivity contribution in [2.45, 2.75) is 32.4 Å². The largest absolute Gasteiger partial charge is 0.305 e. The first-order chi connectivity index (χ1) is 6.24. The minimum atomic E-state index is 0.269. The summed E-state index contributed by atoms with van der Waals surface area (Å²) in [5.74, 6) is 2.63. The fraction of sp³-hybridized carbons (Fsp3) is 0.500. The molecule has 3 heteroatoms. The van der Waals surface area contributed by atoms with Crippen LogP contribution in [0.1, 0.15) is 32.0 Å². The van der Waals surface area contributed by atoms with Gasteiger partial charge in [-0.3, -0.25) is 5.10 Å².